The fourth-order valence-electron chi connectivity index (χ4n) is 3.76. The molecule has 0 atom stereocenters. The molecule has 0 saturated carbocycles. The molecule has 0 spiro atoms. The van der Waals surface area contributed by atoms with Crippen molar-refractivity contribution in [1.29, 1.82) is 0 Å². The third-order valence-electron chi connectivity index (χ3n) is 5.48. The van der Waals surface area contributed by atoms with E-state index in [2.05, 4.69) is 52.9 Å². The van der Waals surface area contributed by atoms with Crippen molar-refractivity contribution in [3.05, 3.63) is 18.2 Å². The molecule has 1 aromatic heterocycles. The first kappa shape index (κ1) is 22.2. The summed E-state index contributed by atoms with van der Waals surface area (Å²) in [6.45, 7) is 11.9. The van der Waals surface area contributed by atoms with Crippen molar-refractivity contribution in [2.24, 2.45) is 16.8 Å². The van der Waals surface area contributed by atoms with Crippen molar-refractivity contribution in [2.45, 2.75) is 72.5 Å². The van der Waals surface area contributed by atoms with Crippen LogP contribution in [0.1, 0.15) is 59.2 Å². The summed E-state index contributed by atoms with van der Waals surface area (Å²) in [4.78, 5) is 23.4. The lowest BCUT2D eigenvalue weighted by molar-refractivity contribution is -0.136. The SMILES string of the molecule is CCC(CC)C(=O)N1CCC(NC(=NC)NCc2nccn2CC(C)C)CC1. The molecule has 2 rings (SSSR count). The molecular formula is C21H38N6O. The average Bonchev–Trinajstić information content (AvgIpc) is 3.12. The molecule has 158 valence electrons. The van der Waals surface area contributed by atoms with E-state index < -0.39 is 0 Å². The normalized spacial score (nSPS) is 16.1. The van der Waals surface area contributed by atoms with E-state index in [-0.39, 0.29) is 5.92 Å². The highest BCUT2D eigenvalue weighted by atomic mass is 16.2. The van der Waals surface area contributed by atoms with Crippen LogP contribution in [0.25, 0.3) is 0 Å². The zero-order valence-electron chi connectivity index (χ0n) is 18.2. The molecule has 2 N–H and O–H groups in total. The molecule has 0 radical (unpaired) electrons. The minimum atomic E-state index is 0.175. The summed E-state index contributed by atoms with van der Waals surface area (Å²) in [5, 5.41) is 6.89. The maximum absolute atomic E-state index is 12.5. The Labute approximate surface area is 170 Å². The highest BCUT2D eigenvalue weighted by Crippen LogP contribution is 2.17. The summed E-state index contributed by atoms with van der Waals surface area (Å²) in [6.07, 6.45) is 7.64. The van der Waals surface area contributed by atoms with Gasteiger partial charge in [-0.15, -0.1) is 0 Å². The maximum atomic E-state index is 12.5. The van der Waals surface area contributed by atoms with E-state index in [9.17, 15) is 4.79 Å². The van der Waals surface area contributed by atoms with Gasteiger partial charge in [-0.1, -0.05) is 27.7 Å². The molecule has 1 saturated heterocycles. The van der Waals surface area contributed by atoms with Gasteiger partial charge in [-0.2, -0.15) is 0 Å². The highest BCUT2D eigenvalue weighted by Gasteiger charge is 2.26. The van der Waals surface area contributed by atoms with Crippen LogP contribution < -0.4 is 10.6 Å². The number of carbonyl (C=O) groups excluding carboxylic acids is 1. The smallest absolute Gasteiger partial charge is 0.225 e. The highest BCUT2D eigenvalue weighted by molar-refractivity contribution is 5.80. The zero-order valence-corrected chi connectivity index (χ0v) is 18.2. The van der Waals surface area contributed by atoms with E-state index in [4.69, 9.17) is 0 Å². The Bertz CT molecular complexity index is 627. The fraction of sp³-hybridized carbons (Fsp3) is 0.762. The third kappa shape index (κ3) is 6.24. The Morgan fingerprint density at radius 2 is 1.96 bits per heavy atom. The Morgan fingerprint density at radius 3 is 2.54 bits per heavy atom. The van der Waals surface area contributed by atoms with Gasteiger partial charge in [0.15, 0.2) is 5.96 Å². The molecular weight excluding hydrogens is 352 g/mol. The minimum absolute atomic E-state index is 0.175. The predicted molar refractivity (Wildman–Crippen MR) is 114 cm³/mol. The van der Waals surface area contributed by atoms with Gasteiger partial charge >= 0.3 is 0 Å². The molecule has 1 aliphatic rings. The Hall–Kier alpha value is -2.05. The summed E-state index contributed by atoms with van der Waals surface area (Å²) >= 11 is 0. The fourth-order valence-corrected chi connectivity index (χ4v) is 3.76. The molecule has 0 unspecified atom stereocenters. The lowest BCUT2D eigenvalue weighted by Gasteiger charge is -2.34. The number of hydrogen-bond donors (Lipinski definition) is 2. The van der Waals surface area contributed by atoms with Gasteiger partial charge in [0.05, 0.1) is 6.54 Å². The molecule has 1 amide bonds. The second-order valence-electron chi connectivity index (χ2n) is 8.07. The molecule has 0 aliphatic carbocycles. The number of rotatable bonds is 8. The van der Waals surface area contributed by atoms with Crippen molar-refractivity contribution in [1.82, 2.24) is 25.1 Å². The Balaban J connectivity index is 1.80. The second kappa shape index (κ2) is 11.1. The molecule has 0 aromatic carbocycles. The van der Waals surface area contributed by atoms with Gasteiger partial charge in [0.1, 0.15) is 5.82 Å². The number of carbonyl (C=O) groups is 1. The van der Waals surface area contributed by atoms with Crippen molar-refractivity contribution >= 4 is 11.9 Å². The van der Waals surface area contributed by atoms with Gasteiger partial charge in [0, 0.05) is 51.0 Å². The van der Waals surface area contributed by atoms with Crippen molar-refractivity contribution in [3.63, 3.8) is 0 Å². The second-order valence-corrected chi connectivity index (χ2v) is 8.07. The lowest BCUT2D eigenvalue weighted by Crippen LogP contribution is -2.50. The number of guanidine groups is 1. The number of nitrogens with one attached hydrogen (secondary N) is 2. The van der Waals surface area contributed by atoms with Crippen LogP contribution in [0.5, 0.6) is 0 Å². The maximum Gasteiger partial charge on any atom is 0.225 e. The van der Waals surface area contributed by atoms with Crippen LogP contribution in [0, 0.1) is 11.8 Å². The number of aliphatic imine (C=N–C) groups is 1. The molecule has 7 nitrogen and oxygen atoms in total. The van der Waals surface area contributed by atoms with Crippen LogP contribution in [-0.2, 0) is 17.9 Å². The van der Waals surface area contributed by atoms with Crippen LogP contribution in [0.15, 0.2) is 17.4 Å². The zero-order chi connectivity index (χ0) is 20.5. The van der Waals surface area contributed by atoms with Gasteiger partial charge in [0.25, 0.3) is 0 Å². The number of piperidine rings is 1. The molecule has 1 aliphatic heterocycles. The standard InChI is InChI=1S/C21H38N6O/c1-6-17(7-2)20(28)26-11-8-18(9-12-26)25-21(22-5)24-14-19-23-10-13-27(19)15-16(3)4/h10,13,16-18H,6-9,11-12,14-15H2,1-5H3,(H2,22,24,25). The van der Waals surface area contributed by atoms with Gasteiger partial charge in [-0.05, 0) is 31.6 Å². The van der Waals surface area contributed by atoms with E-state index in [0.29, 0.717) is 24.4 Å². The van der Waals surface area contributed by atoms with Crippen molar-refractivity contribution < 1.29 is 4.79 Å². The number of aromatic nitrogens is 2. The first-order chi connectivity index (χ1) is 13.5. The average molecular weight is 391 g/mol. The van der Waals surface area contributed by atoms with Gasteiger partial charge in [-0.25, -0.2) is 4.98 Å². The van der Waals surface area contributed by atoms with Crippen molar-refractivity contribution in [2.75, 3.05) is 20.1 Å². The first-order valence-corrected chi connectivity index (χ1v) is 10.7. The Kier molecular flexibility index (Phi) is 8.80. The first-order valence-electron chi connectivity index (χ1n) is 10.7. The van der Waals surface area contributed by atoms with E-state index in [0.717, 1.165) is 57.1 Å². The van der Waals surface area contributed by atoms with Gasteiger partial charge in [0.2, 0.25) is 5.91 Å². The number of nitrogens with zero attached hydrogens (tertiary/aromatic N) is 4. The van der Waals surface area contributed by atoms with Crippen LogP contribution in [0.4, 0.5) is 0 Å². The molecule has 2 heterocycles. The van der Waals surface area contributed by atoms with Crippen LogP contribution in [0.2, 0.25) is 0 Å². The summed E-state index contributed by atoms with van der Waals surface area (Å²) in [5.74, 6) is 2.89. The molecule has 0 bridgehead atoms. The Morgan fingerprint density at radius 1 is 1.29 bits per heavy atom. The monoisotopic (exact) mass is 390 g/mol. The van der Waals surface area contributed by atoms with E-state index in [1.165, 1.54) is 0 Å². The van der Waals surface area contributed by atoms with Crippen LogP contribution in [-0.4, -0.2) is 52.5 Å². The van der Waals surface area contributed by atoms with E-state index in [1.54, 1.807) is 7.05 Å². The largest absolute Gasteiger partial charge is 0.354 e. The number of imidazole rings is 1. The molecule has 1 fully saturated rings. The summed E-state index contributed by atoms with van der Waals surface area (Å²) < 4.78 is 2.19. The van der Waals surface area contributed by atoms with Gasteiger partial charge in [-0.3, -0.25) is 9.79 Å². The summed E-state index contributed by atoms with van der Waals surface area (Å²) in [7, 11) is 1.79. The van der Waals surface area contributed by atoms with Crippen molar-refractivity contribution in [3.8, 4) is 0 Å². The minimum Gasteiger partial charge on any atom is -0.354 e. The summed E-state index contributed by atoms with van der Waals surface area (Å²) in [6, 6.07) is 0.340. The lowest BCUT2D eigenvalue weighted by atomic mass is 9.98. The number of likely N-dealkylation sites (tertiary alicyclic amines) is 1. The van der Waals surface area contributed by atoms with Crippen LogP contribution in [0.3, 0.4) is 0 Å². The molecule has 1 aromatic rings. The molecule has 28 heavy (non-hydrogen) atoms. The van der Waals surface area contributed by atoms with E-state index in [1.807, 2.05) is 17.3 Å². The van der Waals surface area contributed by atoms with Crippen LogP contribution >= 0.6 is 0 Å². The van der Waals surface area contributed by atoms with Gasteiger partial charge < -0.3 is 20.1 Å². The van der Waals surface area contributed by atoms with E-state index >= 15 is 0 Å². The topological polar surface area (TPSA) is 74.6 Å². The third-order valence-corrected chi connectivity index (χ3v) is 5.48. The summed E-state index contributed by atoms with van der Waals surface area (Å²) in [5.41, 5.74) is 0. The predicted octanol–water partition coefficient (Wildman–Crippen LogP) is 2.63. The quantitative estimate of drug-likeness (QED) is 0.529. The number of amides is 1. The molecule has 7 heteroatoms. The number of hydrogen-bond acceptors (Lipinski definition) is 3.